The van der Waals surface area contributed by atoms with Gasteiger partial charge in [0.1, 0.15) is 12.4 Å². The number of nitrogen functional groups attached to an aromatic ring is 1. The molecule has 0 saturated heterocycles. The zero-order valence-corrected chi connectivity index (χ0v) is 8.01. The van der Waals surface area contributed by atoms with Gasteiger partial charge in [0.05, 0.1) is 5.56 Å². The maximum atomic E-state index is 11.8. The Kier molecular flexibility index (Phi) is 3.67. The number of pyridine rings is 1. The van der Waals surface area contributed by atoms with Crippen molar-refractivity contribution in [2.45, 2.75) is 6.18 Å². The SMILES string of the molecule is NNc1ccc(C(=O)NCC(F)(F)F)cn1. The van der Waals surface area contributed by atoms with E-state index in [1.54, 1.807) is 5.32 Å². The lowest BCUT2D eigenvalue weighted by molar-refractivity contribution is -0.123. The molecule has 1 heterocycles. The van der Waals surface area contributed by atoms with Gasteiger partial charge in [0.25, 0.3) is 5.91 Å². The van der Waals surface area contributed by atoms with Gasteiger partial charge in [-0.05, 0) is 12.1 Å². The molecule has 0 saturated carbocycles. The van der Waals surface area contributed by atoms with E-state index in [1.165, 1.54) is 12.1 Å². The first kappa shape index (κ1) is 12.2. The monoisotopic (exact) mass is 234 g/mol. The predicted molar refractivity (Wildman–Crippen MR) is 50.4 cm³/mol. The molecule has 1 aromatic rings. The second-order valence-electron chi connectivity index (χ2n) is 2.87. The molecule has 0 fully saturated rings. The third-order valence-corrected chi connectivity index (χ3v) is 1.62. The van der Waals surface area contributed by atoms with Crippen LogP contribution in [0.15, 0.2) is 18.3 Å². The minimum Gasteiger partial charge on any atom is -0.343 e. The molecule has 5 nitrogen and oxygen atoms in total. The van der Waals surface area contributed by atoms with E-state index in [1.807, 2.05) is 0 Å². The summed E-state index contributed by atoms with van der Waals surface area (Å²) in [4.78, 5) is 14.9. The lowest BCUT2D eigenvalue weighted by Crippen LogP contribution is -2.33. The molecule has 1 rings (SSSR count). The van der Waals surface area contributed by atoms with E-state index in [9.17, 15) is 18.0 Å². The fraction of sp³-hybridized carbons (Fsp3) is 0.250. The van der Waals surface area contributed by atoms with Gasteiger partial charge >= 0.3 is 6.18 Å². The first-order chi connectivity index (χ1) is 7.42. The summed E-state index contributed by atoms with van der Waals surface area (Å²) in [5, 5.41) is 1.72. The Labute approximate surface area is 88.8 Å². The molecule has 0 aromatic carbocycles. The average molecular weight is 234 g/mol. The Hall–Kier alpha value is -1.83. The zero-order chi connectivity index (χ0) is 12.2. The molecule has 0 atom stereocenters. The van der Waals surface area contributed by atoms with Crippen molar-refractivity contribution in [1.82, 2.24) is 10.3 Å². The van der Waals surface area contributed by atoms with Gasteiger partial charge in [0.15, 0.2) is 0 Å². The van der Waals surface area contributed by atoms with Gasteiger partial charge in [0.2, 0.25) is 0 Å². The summed E-state index contributed by atoms with van der Waals surface area (Å²) >= 11 is 0. The number of amides is 1. The molecule has 16 heavy (non-hydrogen) atoms. The van der Waals surface area contributed by atoms with Gasteiger partial charge in [-0.15, -0.1) is 0 Å². The van der Waals surface area contributed by atoms with E-state index in [2.05, 4.69) is 10.4 Å². The van der Waals surface area contributed by atoms with Crippen LogP contribution in [0.2, 0.25) is 0 Å². The van der Waals surface area contributed by atoms with Gasteiger partial charge in [-0.3, -0.25) is 4.79 Å². The lowest BCUT2D eigenvalue weighted by Gasteiger charge is -2.08. The second-order valence-corrected chi connectivity index (χ2v) is 2.87. The first-order valence-corrected chi connectivity index (χ1v) is 4.20. The van der Waals surface area contributed by atoms with Crippen LogP contribution in [0.5, 0.6) is 0 Å². The Morgan fingerprint density at radius 3 is 2.56 bits per heavy atom. The molecule has 0 bridgehead atoms. The number of nitrogens with zero attached hydrogens (tertiary/aromatic N) is 1. The summed E-state index contributed by atoms with van der Waals surface area (Å²) in [6.07, 6.45) is -3.30. The van der Waals surface area contributed by atoms with Crippen molar-refractivity contribution in [3.05, 3.63) is 23.9 Å². The number of rotatable bonds is 3. The molecule has 0 unspecified atom stereocenters. The minimum absolute atomic E-state index is 0.0308. The zero-order valence-electron chi connectivity index (χ0n) is 8.01. The number of nitrogens with two attached hydrogens (primary N) is 1. The molecule has 0 aliphatic heterocycles. The molecule has 1 amide bonds. The number of anilines is 1. The largest absolute Gasteiger partial charge is 0.405 e. The number of hydrogen-bond acceptors (Lipinski definition) is 4. The van der Waals surface area contributed by atoms with Crippen LogP contribution in [-0.2, 0) is 0 Å². The quantitative estimate of drug-likeness (QED) is 0.530. The predicted octanol–water partition coefficient (Wildman–Crippen LogP) is 0.659. The van der Waals surface area contributed by atoms with E-state index >= 15 is 0 Å². The molecule has 4 N–H and O–H groups in total. The van der Waals surface area contributed by atoms with Crippen LogP contribution in [0, 0.1) is 0 Å². The maximum absolute atomic E-state index is 11.8. The highest BCUT2D eigenvalue weighted by Gasteiger charge is 2.27. The second kappa shape index (κ2) is 4.79. The molecule has 0 aliphatic rings. The van der Waals surface area contributed by atoms with Crippen LogP contribution in [0.25, 0.3) is 0 Å². The number of halogens is 3. The fourth-order valence-corrected chi connectivity index (χ4v) is 0.896. The molecule has 1 aromatic heterocycles. The molecular formula is C8H9F3N4O. The van der Waals surface area contributed by atoms with E-state index in [0.717, 1.165) is 6.20 Å². The van der Waals surface area contributed by atoms with Crippen molar-refractivity contribution >= 4 is 11.7 Å². The standard InChI is InChI=1S/C8H9F3N4O/c9-8(10,11)4-14-7(16)5-1-2-6(15-12)13-3-5/h1-3H,4,12H2,(H,13,15)(H,14,16). The topological polar surface area (TPSA) is 80.0 Å². The van der Waals surface area contributed by atoms with E-state index < -0.39 is 18.6 Å². The fourth-order valence-electron chi connectivity index (χ4n) is 0.896. The van der Waals surface area contributed by atoms with Gasteiger partial charge in [0, 0.05) is 6.20 Å². The Bertz CT molecular complexity index is 363. The Morgan fingerprint density at radius 1 is 1.44 bits per heavy atom. The van der Waals surface area contributed by atoms with Crippen molar-refractivity contribution in [2.24, 2.45) is 5.84 Å². The van der Waals surface area contributed by atoms with Crippen LogP contribution in [-0.4, -0.2) is 23.6 Å². The molecule has 0 spiro atoms. The summed E-state index contributed by atoms with van der Waals surface area (Å²) in [6, 6.07) is 2.69. The van der Waals surface area contributed by atoms with Gasteiger partial charge in [-0.25, -0.2) is 10.8 Å². The highest BCUT2D eigenvalue weighted by atomic mass is 19.4. The van der Waals surface area contributed by atoms with Gasteiger partial charge < -0.3 is 10.7 Å². The van der Waals surface area contributed by atoms with Crippen molar-refractivity contribution in [2.75, 3.05) is 12.0 Å². The Morgan fingerprint density at radius 2 is 2.12 bits per heavy atom. The minimum atomic E-state index is -4.43. The van der Waals surface area contributed by atoms with Gasteiger partial charge in [-0.2, -0.15) is 13.2 Å². The maximum Gasteiger partial charge on any atom is 0.405 e. The van der Waals surface area contributed by atoms with E-state index in [4.69, 9.17) is 5.84 Å². The number of hydrogen-bond donors (Lipinski definition) is 3. The third-order valence-electron chi connectivity index (χ3n) is 1.62. The van der Waals surface area contributed by atoms with E-state index in [0.29, 0.717) is 5.82 Å². The number of hydrazine groups is 1. The lowest BCUT2D eigenvalue weighted by atomic mass is 10.2. The van der Waals surface area contributed by atoms with Crippen LogP contribution < -0.4 is 16.6 Å². The number of carbonyl (C=O) groups excluding carboxylic acids is 1. The van der Waals surface area contributed by atoms with Crippen LogP contribution >= 0.6 is 0 Å². The van der Waals surface area contributed by atoms with Crippen LogP contribution in [0.4, 0.5) is 19.0 Å². The summed E-state index contributed by atoms with van der Waals surface area (Å²) in [6.45, 7) is -1.37. The van der Waals surface area contributed by atoms with Crippen molar-refractivity contribution in [3.8, 4) is 0 Å². The van der Waals surface area contributed by atoms with Crippen molar-refractivity contribution in [3.63, 3.8) is 0 Å². The number of nitrogens with one attached hydrogen (secondary N) is 2. The summed E-state index contributed by atoms with van der Waals surface area (Å²) < 4.78 is 35.4. The summed E-state index contributed by atoms with van der Waals surface area (Å²) in [5.74, 6) is 4.50. The Balaban J connectivity index is 2.59. The molecule has 8 heteroatoms. The van der Waals surface area contributed by atoms with E-state index in [-0.39, 0.29) is 5.56 Å². The number of alkyl halides is 3. The highest BCUT2D eigenvalue weighted by molar-refractivity contribution is 5.94. The molecular weight excluding hydrogens is 225 g/mol. The molecule has 0 aliphatic carbocycles. The van der Waals surface area contributed by atoms with Crippen molar-refractivity contribution < 1.29 is 18.0 Å². The average Bonchev–Trinajstić information content (AvgIpc) is 2.25. The first-order valence-electron chi connectivity index (χ1n) is 4.20. The van der Waals surface area contributed by atoms with Crippen molar-refractivity contribution in [1.29, 1.82) is 0 Å². The summed E-state index contributed by atoms with van der Waals surface area (Å²) in [7, 11) is 0. The third kappa shape index (κ3) is 3.73. The highest BCUT2D eigenvalue weighted by Crippen LogP contribution is 2.12. The number of carbonyl (C=O) groups is 1. The number of aromatic nitrogens is 1. The molecule has 88 valence electrons. The summed E-state index contributed by atoms with van der Waals surface area (Å²) in [5.41, 5.74) is 2.26. The van der Waals surface area contributed by atoms with Crippen LogP contribution in [0.3, 0.4) is 0 Å². The normalized spacial score (nSPS) is 11.0. The van der Waals surface area contributed by atoms with Crippen LogP contribution in [0.1, 0.15) is 10.4 Å². The smallest absolute Gasteiger partial charge is 0.343 e. The molecule has 0 radical (unpaired) electrons. The van der Waals surface area contributed by atoms with Gasteiger partial charge in [-0.1, -0.05) is 0 Å².